The molecule has 2 aliphatic rings. The third kappa shape index (κ3) is 4.64. The van der Waals surface area contributed by atoms with Gasteiger partial charge in [-0.1, -0.05) is 12.1 Å². The molecule has 4 amide bonds. The molecule has 1 aromatic heterocycles. The first-order valence-electron chi connectivity index (χ1n) is 10.4. The number of nitrogens with zero attached hydrogens (tertiary/aromatic N) is 2. The summed E-state index contributed by atoms with van der Waals surface area (Å²) in [5.74, 6) is -2.00. The average Bonchev–Trinajstić information content (AvgIpc) is 3.34. The second-order valence-electron chi connectivity index (χ2n) is 7.75. The topological polar surface area (TPSA) is 98.8 Å². The molecule has 2 N–H and O–H groups in total. The standard InChI is InChI=1S/C22H23FN4O4S/c23-15-5-1-4-14(12-15)21(30)26-9-10-27(22(31)18-7-3-11-32-18)17(13-26)20(29)25-16-6-2-8-24-19(16)28/h1,3-5,7,11-12,16-17H,2,6,8-10,13H2,(H,24,28)(H,25,29)/t16-,17-/m1/s1. The van der Waals surface area contributed by atoms with E-state index in [9.17, 15) is 23.6 Å². The molecule has 0 aliphatic carbocycles. The largest absolute Gasteiger partial charge is 0.354 e. The quantitative estimate of drug-likeness (QED) is 0.721. The van der Waals surface area contributed by atoms with Crippen molar-refractivity contribution in [1.82, 2.24) is 20.4 Å². The van der Waals surface area contributed by atoms with Gasteiger partial charge in [-0.15, -0.1) is 11.3 Å². The molecule has 2 saturated heterocycles. The summed E-state index contributed by atoms with van der Waals surface area (Å²) in [6.45, 7) is 0.868. The van der Waals surface area contributed by atoms with Crippen LogP contribution in [0.25, 0.3) is 0 Å². The first-order valence-corrected chi connectivity index (χ1v) is 11.3. The third-order valence-electron chi connectivity index (χ3n) is 5.64. The maximum atomic E-state index is 13.6. The molecular weight excluding hydrogens is 435 g/mol. The van der Waals surface area contributed by atoms with Gasteiger partial charge in [0.05, 0.1) is 11.4 Å². The van der Waals surface area contributed by atoms with Crippen LogP contribution in [-0.4, -0.2) is 71.7 Å². The highest BCUT2D eigenvalue weighted by atomic mass is 32.1. The van der Waals surface area contributed by atoms with Crippen LogP contribution in [0.1, 0.15) is 32.9 Å². The van der Waals surface area contributed by atoms with E-state index in [-0.39, 0.29) is 37.0 Å². The van der Waals surface area contributed by atoms with E-state index in [4.69, 9.17) is 0 Å². The zero-order chi connectivity index (χ0) is 22.7. The van der Waals surface area contributed by atoms with Gasteiger partial charge in [0.25, 0.3) is 11.8 Å². The van der Waals surface area contributed by atoms with Crippen LogP contribution in [-0.2, 0) is 9.59 Å². The number of nitrogens with one attached hydrogen (secondary N) is 2. The lowest BCUT2D eigenvalue weighted by molar-refractivity contribution is -0.133. The van der Waals surface area contributed by atoms with Crippen LogP contribution in [0.3, 0.4) is 0 Å². The second-order valence-corrected chi connectivity index (χ2v) is 8.70. The van der Waals surface area contributed by atoms with Crippen molar-refractivity contribution in [1.29, 1.82) is 0 Å². The van der Waals surface area contributed by atoms with Crippen molar-refractivity contribution in [2.75, 3.05) is 26.2 Å². The summed E-state index contributed by atoms with van der Waals surface area (Å²) in [5, 5.41) is 7.23. The molecule has 168 valence electrons. The Morgan fingerprint density at radius 2 is 1.97 bits per heavy atom. The van der Waals surface area contributed by atoms with Crippen molar-refractivity contribution in [2.24, 2.45) is 0 Å². The monoisotopic (exact) mass is 458 g/mol. The molecule has 0 spiro atoms. The van der Waals surface area contributed by atoms with E-state index in [2.05, 4.69) is 10.6 Å². The summed E-state index contributed by atoms with van der Waals surface area (Å²) in [4.78, 5) is 54.6. The SMILES string of the molecule is O=C(N[C@@H]1CCCNC1=O)[C@H]1CN(C(=O)c2cccc(F)c2)CCN1C(=O)c1cccs1. The van der Waals surface area contributed by atoms with Crippen molar-refractivity contribution in [2.45, 2.75) is 24.9 Å². The van der Waals surface area contributed by atoms with Gasteiger partial charge in [0.2, 0.25) is 11.8 Å². The van der Waals surface area contributed by atoms with Crippen LogP contribution in [0, 0.1) is 5.82 Å². The molecule has 2 aromatic rings. The number of piperidine rings is 1. The highest BCUT2D eigenvalue weighted by molar-refractivity contribution is 7.12. The molecule has 2 atom stereocenters. The van der Waals surface area contributed by atoms with Gasteiger partial charge in [-0.05, 0) is 42.5 Å². The molecule has 32 heavy (non-hydrogen) atoms. The van der Waals surface area contributed by atoms with Crippen LogP contribution in [0.5, 0.6) is 0 Å². The summed E-state index contributed by atoms with van der Waals surface area (Å²) in [5.41, 5.74) is 0.175. The van der Waals surface area contributed by atoms with Crippen LogP contribution in [0.15, 0.2) is 41.8 Å². The predicted octanol–water partition coefficient (Wildman–Crippen LogP) is 1.25. The van der Waals surface area contributed by atoms with Gasteiger partial charge >= 0.3 is 0 Å². The Morgan fingerprint density at radius 1 is 1.12 bits per heavy atom. The van der Waals surface area contributed by atoms with Gasteiger partial charge in [-0.25, -0.2) is 4.39 Å². The van der Waals surface area contributed by atoms with Crippen molar-refractivity contribution >= 4 is 35.0 Å². The lowest BCUT2D eigenvalue weighted by Crippen LogP contribution is -2.63. The summed E-state index contributed by atoms with van der Waals surface area (Å²) >= 11 is 1.27. The molecule has 1 aromatic carbocycles. The Kier molecular flexibility index (Phi) is 6.50. The van der Waals surface area contributed by atoms with E-state index in [0.29, 0.717) is 17.8 Å². The number of amides is 4. The number of thiophene rings is 1. The van der Waals surface area contributed by atoms with Crippen LogP contribution in [0.4, 0.5) is 4.39 Å². The van der Waals surface area contributed by atoms with Crippen LogP contribution < -0.4 is 10.6 Å². The average molecular weight is 459 g/mol. The zero-order valence-electron chi connectivity index (χ0n) is 17.3. The lowest BCUT2D eigenvalue weighted by atomic mass is 10.0. The molecule has 2 aliphatic heterocycles. The summed E-state index contributed by atoms with van der Waals surface area (Å²) in [7, 11) is 0. The normalized spacial score (nSPS) is 21.1. The van der Waals surface area contributed by atoms with Gasteiger partial charge in [0, 0.05) is 25.2 Å². The molecule has 2 fully saturated rings. The Balaban J connectivity index is 1.55. The fourth-order valence-electron chi connectivity index (χ4n) is 3.96. The van der Waals surface area contributed by atoms with E-state index >= 15 is 0 Å². The first-order chi connectivity index (χ1) is 15.4. The number of rotatable bonds is 4. The van der Waals surface area contributed by atoms with Gasteiger partial charge < -0.3 is 20.4 Å². The van der Waals surface area contributed by atoms with Gasteiger partial charge in [-0.3, -0.25) is 19.2 Å². The second kappa shape index (κ2) is 9.47. The molecule has 10 heteroatoms. The van der Waals surface area contributed by atoms with Crippen molar-refractivity contribution in [3.63, 3.8) is 0 Å². The van der Waals surface area contributed by atoms with Gasteiger partial charge in [0.15, 0.2) is 0 Å². The number of hydrogen-bond donors (Lipinski definition) is 2. The number of piperazine rings is 1. The molecule has 0 bridgehead atoms. The van der Waals surface area contributed by atoms with E-state index in [1.54, 1.807) is 17.5 Å². The number of hydrogen-bond acceptors (Lipinski definition) is 5. The lowest BCUT2D eigenvalue weighted by Gasteiger charge is -2.41. The third-order valence-corrected chi connectivity index (χ3v) is 6.49. The predicted molar refractivity (Wildman–Crippen MR) is 116 cm³/mol. The number of benzene rings is 1. The Bertz CT molecular complexity index is 1030. The molecule has 8 nitrogen and oxygen atoms in total. The highest BCUT2D eigenvalue weighted by Gasteiger charge is 2.39. The highest BCUT2D eigenvalue weighted by Crippen LogP contribution is 2.20. The Morgan fingerprint density at radius 3 is 2.69 bits per heavy atom. The van der Waals surface area contributed by atoms with E-state index in [1.807, 2.05) is 0 Å². The molecule has 0 saturated carbocycles. The fourth-order valence-corrected chi connectivity index (χ4v) is 4.64. The molecule has 4 rings (SSSR count). The minimum atomic E-state index is -0.967. The molecule has 0 unspecified atom stereocenters. The molecule has 0 radical (unpaired) electrons. The maximum absolute atomic E-state index is 13.6. The number of halogens is 1. The van der Waals surface area contributed by atoms with Crippen molar-refractivity contribution in [3.05, 3.63) is 58.0 Å². The van der Waals surface area contributed by atoms with Crippen molar-refractivity contribution in [3.8, 4) is 0 Å². The van der Waals surface area contributed by atoms with Crippen LogP contribution >= 0.6 is 11.3 Å². The van der Waals surface area contributed by atoms with Gasteiger partial charge in [0.1, 0.15) is 17.9 Å². The smallest absolute Gasteiger partial charge is 0.264 e. The Hall–Kier alpha value is -3.27. The summed E-state index contributed by atoms with van der Waals surface area (Å²) in [6.07, 6.45) is 1.25. The minimum absolute atomic E-state index is 0.0490. The fraction of sp³-hybridized carbons (Fsp3) is 0.364. The summed E-state index contributed by atoms with van der Waals surface area (Å²) in [6, 6.07) is 7.15. The number of carbonyl (C=O) groups excluding carboxylic acids is 4. The van der Waals surface area contributed by atoms with E-state index < -0.39 is 29.7 Å². The molecular formula is C22H23FN4O4S. The van der Waals surface area contributed by atoms with Gasteiger partial charge in [-0.2, -0.15) is 0 Å². The van der Waals surface area contributed by atoms with E-state index in [0.717, 1.165) is 12.5 Å². The minimum Gasteiger partial charge on any atom is -0.354 e. The Labute approximate surface area is 188 Å². The molecule has 3 heterocycles. The van der Waals surface area contributed by atoms with Crippen LogP contribution in [0.2, 0.25) is 0 Å². The summed E-state index contributed by atoms with van der Waals surface area (Å²) < 4.78 is 13.6. The first kappa shape index (κ1) is 21.9. The van der Waals surface area contributed by atoms with E-state index in [1.165, 1.54) is 39.3 Å². The number of carbonyl (C=O) groups is 4. The zero-order valence-corrected chi connectivity index (χ0v) is 18.1. The maximum Gasteiger partial charge on any atom is 0.264 e. The van der Waals surface area contributed by atoms with Crippen molar-refractivity contribution < 1.29 is 23.6 Å².